The summed E-state index contributed by atoms with van der Waals surface area (Å²) >= 11 is 0. The van der Waals surface area contributed by atoms with Crippen LogP contribution in [0.4, 0.5) is 15.9 Å². The van der Waals surface area contributed by atoms with E-state index in [4.69, 9.17) is 10.7 Å². The van der Waals surface area contributed by atoms with Crippen molar-refractivity contribution in [1.29, 1.82) is 0 Å². The van der Waals surface area contributed by atoms with Crippen molar-refractivity contribution in [3.63, 3.8) is 0 Å². The Morgan fingerprint density at radius 2 is 1.85 bits per heavy atom. The van der Waals surface area contributed by atoms with E-state index in [9.17, 15) is 9.18 Å². The molecule has 1 aliphatic heterocycles. The van der Waals surface area contributed by atoms with Gasteiger partial charge in [0.05, 0.1) is 12.6 Å². The van der Waals surface area contributed by atoms with E-state index < -0.39 is 6.04 Å². The van der Waals surface area contributed by atoms with Crippen molar-refractivity contribution in [2.75, 3.05) is 11.9 Å². The molecule has 3 aromatic rings. The molecule has 6 nitrogen and oxygen atoms in total. The Kier molecular flexibility index (Phi) is 6.76. The fourth-order valence-electron chi connectivity index (χ4n) is 4.28. The van der Waals surface area contributed by atoms with Crippen LogP contribution >= 0.6 is 13.5 Å². The van der Waals surface area contributed by atoms with Crippen molar-refractivity contribution in [2.45, 2.75) is 45.3 Å². The van der Waals surface area contributed by atoms with Crippen LogP contribution in [0.1, 0.15) is 30.7 Å². The Bertz CT molecular complexity index is 1120. The highest BCUT2D eigenvalue weighted by Crippen LogP contribution is 2.35. The highest BCUT2D eigenvalue weighted by atomic mass is 32.1. The van der Waals surface area contributed by atoms with Gasteiger partial charge in [0.25, 0.3) is 0 Å². The van der Waals surface area contributed by atoms with Gasteiger partial charge in [-0.1, -0.05) is 30.5 Å². The Hall–Kier alpha value is -2.84. The standard InChI is InChI=1S/C25H28FN5O.H2S/c1-16-2-10-20(11-3-16)28-24-23(18-6-8-19(26)9-7-18)29-22-15-30(12-13-31(22)24)25(32)21(27)14-17-4-5-17;/h2-3,6-11,17,21,28H,4-5,12-15,27H2,1H3;1H2/t21-;/m0./s1. The summed E-state index contributed by atoms with van der Waals surface area (Å²) in [5, 5.41) is 3.50. The summed E-state index contributed by atoms with van der Waals surface area (Å²) in [5.74, 6) is 1.98. The number of aryl methyl sites for hydroxylation is 1. The molecule has 0 bridgehead atoms. The second kappa shape index (κ2) is 9.57. The SMILES string of the molecule is Cc1ccc(Nc2c(-c3ccc(F)cc3)nc3n2CCN(C(=O)[C@@H](N)CC2CC2)C3)cc1.S. The molecule has 8 heteroatoms. The zero-order valence-electron chi connectivity index (χ0n) is 18.7. The van der Waals surface area contributed by atoms with Crippen LogP contribution in [0.5, 0.6) is 0 Å². The van der Waals surface area contributed by atoms with Gasteiger partial charge in [0.2, 0.25) is 5.91 Å². The molecule has 0 spiro atoms. The summed E-state index contributed by atoms with van der Waals surface area (Å²) < 4.78 is 15.6. The number of carbonyl (C=O) groups excluding carboxylic acids is 1. The van der Waals surface area contributed by atoms with E-state index in [2.05, 4.69) is 22.0 Å². The van der Waals surface area contributed by atoms with Crippen molar-refractivity contribution in [3.8, 4) is 11.3 Å². The van der Waals surface area contributed by atoms with Crippen LogP contribution in [0.25, 0.3) is 11.3 Å². The molecule has 2 aromatic carbocycles. The predicted molar refractivity (Wildman–Crippen MR) is 133 cm³/mol. The van der Waals surface area contributed by atoms with Gasteiger partial charge in [-0.15, -0.1) is 0 Å². The average Bonchev–Trinajstić information content (AvgIpc) is 3.54. The Morgan fingerprint density at radius 3 is 2.52 bits per heavy atom. The first-order valence-corrected chi connectivity index (χ1v) is 11.2. The number of anilines is 2. The third-order valence-corrected chi connectivity index (χ3v) is 6.32. The Balaban J connectivity index is 0.00000259. The molecule has 0 saturated heterocycles. The van der Waals surface area contributed by atoms with Gasteiger partial charge in [0.15, 0.2) is 0 Å². The maximum Gasteiger partial charge on any atom is 0.239 e. The van der Waals surface area contributed by atoms with Crippen LogP contribution in [0.15, 0.2) is 48.5 Å². The van der Waals surface area contributed by atoms with E-state index in [-0.39, 0.29) is 25.2 Å². The number of amides is 1. The number of imidazole rings is 1. The van der Waals surface area contributed by atoms with Gasteiger partial charge in [0.1, 0.15) is 23.2 Å². The molecular weight excluding hydrogens is 437 g/mol. The molecule has 1 saturated carbocycles. The number of nitrogens with two attached hydrogens (primary N) is 1. The minimum absolute atomic E-state index is 0. The molecule has 2 aliphatic rings. The molecule has 1 amide bonds. The highest BCUT2D eigenvalue weighted by Gasteiger charge is 2.32. The van der Waals surface area contributed by atoms with Crippen molar-refractivity contribution in [2.24, 2.45) is 11.7 Å². The van der Waals surface area contributed by atoms with Gasteiger partial charge in [-0.25, -0.2) is 9.37 Å². The van der Waals surface area contributed by atoms with Gasteiger partial charge in [-0.2, -0.15) is 13.5 Å². The van der Waals surface area contributed by atoms with Crippen molar-refractivity contribution in [1.82, 2.24) is 14.5 Å². The zero-order valence-corrected chi connectivity index (χ0v) is 19.7. The van der Waals surface area contributed by atoms with E-state index in [1.165, 1.54) is 30.5 Å². The normalized spacial score (nSPS) is 16.0. The number of nitrogens with one attached hydrogen (secondary N) is 1. The number of halogens is 1. The number of aromatic nitrogens is 2. The lowest BCUT2D eigenvalue weighted by Gasteiger charge is -2.30. The topological polar surface area (TPSA) is 76.2 Å². The molecule has 5 rings (SSSR count). The molecule has 174 valence electrons. The van der Waals surface area contributed by atoms with Crippen LogP contribution in [-0.4, -0.2) is 32.9 Å². The fourth-order valence-corrected chi connectivity index (χ4v) is 4.28. The maximum atomic E-state index is 13.5. The first kappa shape index (κ1) is 23.3. The van der Waals surface area contributed by atoms with E-state index in [0.29, 0.717) is 25.6 Å². The second-order valence-electron chi connectivity index (χ2n) is 8.92. The smallest absolute Gasteiger partial charge is 0.239 e. The Labute approximate surface area is 200 Å². The molecule has 1 aliphatic carbocycles. The minimum atomic E-state index is -0.439. The number of nitrogens with zero attached hydrogens (tertiary/aromatic N) is 3. The Morgan fingerprint density at radius 1 is 1.15 bits per heavy atom. The summed E-state index contributed by atoms with van der Waals surface area (Å²) in [4.78, 5) is 19.6. The van der Waals surface area contributed by atoms with E-state index >= 15 is 0 Å². The lowest BCUT2D eigenvalue weighted by molar-refractivity contribution is -0.134. The number of hydrogen-bond acceptors (Lipinski definition) is 4. The number of rotatable bonds is 6. The maximum absolute atomic E-state index is 13.5. The molecule has 0 radical (unpaired) electrons. The third kappa shape index (κ3) is 5.07. The van der Waals surface area contributed by atoms with Gasteiger partial charge < -0.3 is 20.5 Å². The fraction of sp³-hybridized carbons (Fsp3) is 0.360. The first-order chi connectivity index (χ1) is 15.5. The van der Waals surface area contributed by atoms with Crippen LogP contribution < -0.4 is 11.1 Å². The molecule has 33 heavy (non-hydrogen) atoms. The number of carbonyl (C=O) groups is 1. The van der Waals surface area contributed by atoms with Crippen LogP contribution in [-0.2, 0) is 17.9 Å². The molecule has 1 aromatic heterocycles. The summed E-state index contributed by atoms with van der Waals surface area (Å²) in [5.41, 5.74) is 9.90. The predicted octanol–water partition coefficient (Wildman–Crippen LogP) is 4.32. The number of benzene rings is 2. The van der Waals surface area contributed by atoms with Gasteiger partial charge >= 0.3 is 0 Å². The van der Waals surface area contributed by atoms with Gasteiger partial charge in [-0.05, 0) is 55.7 Å². The molecule has 3 N–H and O–H groups in total. The number of hydrogen-bond donors (Lipinski definition) is 2. The monoisotopic (exact) mass is 467 g/mol. The summed E-state index contributed by atoms with van der Waals surface area (Å²) in [6, 6.07) is 14.1. The average molecular weight is 468 g/mol. The zero-order chi connectivity index (χ0) is 22.2. The first-order valence-electron chi connectivity index (χ1n) is 11.2. The lowest BCUT2D eigenvalue weighted by atomic mass is 10.1. The molecule has 1 fully saturated rings. The van der Waals surface area contributed by atoms with Crippen LogP contribution in [0, 0.1) is 18.7 Å². The van der Waals surface area contributed by atoms with E-state index in [1.807, 2.05) is 24.0 Å². The molecule has 0 unspecified atom stereocenters. The summed E-state index contributed by atoms with van der Waals surface area (Å²) in [6.07, 6.45) is 3.13. The molecular formula is C25H30FN5OS. The molecule has 1 atom stereocenters. The van der Waals surface area contributed by atoms with Gasteiger partial charge in [-0.3, -0.25) is 4.79 Å². The van der Waals surface area contributed by atoms with Crippen molar-refractivity contribution < 1.29 is 9.18 Å². The number of fused-ring (bicyclic) bond motifs is 1. The minimum Gasteiger partial charge on any atom is -0.340 e. The lowest BCUT2D eigenvalue weighted by Crippen LogP contribution is -2.47. The van der Waals surface area contributed by atoms with E-state index in [0.717, 1.165) is 35.0 Å². The highest BCUT2D eigenvalue weighted by molar-refractivity contribution is 7.59. The third-order valence-electron chi connectivity index (χ3n) is 6.32. The van der Waals surface area contributed by atoms with E-state index in [1.54, 1.807) is 12.1 Å². The molecule has 2 heterocycles. The van der Waals surface area contributed by atoms with Crippen LogP contribution in [0.2, 0.25) is 0 Å². The van der Waals surface area contributed by atoms with Gasteiger partial charge in [0, 0.05) is 24.3 Å². The largest absolute Gasteiger partial charge is 0.340 e. The quantitative estimate of drug-likeness (QED) is 0.566. The van der Waals surface area contributed by atoms with Crippen molar-refractivity contribution in [3.05, 3.63) is 65.7 Å². The second-order valence-corrected chi connectivity index (χ2v) is 8.92. The summed E-state index contributed by atoms with van der Waals surface area (Å²) in [7, 11) is 0. The summed E-state index contributed by atoms with van der Waals surface area (Å²) in [6.45, 7) is 3.68. The van der Waals surface area contributed by atoms with Crippen LogP contribution in [0.3, 0.4) is 0 Å². The van der Waals surface area contributed by atoms with Crippen molar-refractivity contribution >= 4 is 30.9 Å².